The molecule has 1 aromatic heterocycles. The first-order chi connectivity index (χ1) is 12.5. The Morgan fingerprint density at radius 2 is 1.81 bits per heavy atom. The number of thiophene rings is 1. The molecule has 2 aromatic carbocycles. The number of hydrogen-bond acceptors (Lipinski definition) is 3. The van der Waals surface area contributed by atoms with Gasteiger partial charge in [-0.1, -0.05) is 35.3 Å². The Morgan fingerprint density at radius 3 is 2.46 bits per heavy atom. The Morgan fingerprint density at radius 1 is 1.04 bits per heavy atom. The number of anilines is 2. The van der Waals surface area contributed by atoms with Gasteiger partial charge in [0.25, 0.3) is 0 Å². The molecule has 0 bridgehead atoms. The van der Waals surface area contributed by atoms with E-state index < -0.39 is 0 Å². The lowest BCUT2D eigenvalue weighted by molar-refractivity contribution is -0.115. The van der Waals surface area contributed by atoms with Crippen molar-refractivity contribution in [1.82, 2.24) is 0 Å². The van der Waals surface area contributed by atoms with Crippen molar-refractivity contribution in [3.63, 3.8) is 0 Å². The molecule has 134 valence electrons. The maximum Gasteiger partial charge on any atom is 0.228 e. The SMILES string of the molecule is O=C(Cc1ccc(F)cc1)Nc1ccc(NCc2ccc(Cl)s2)cc1Cl. The van der Waals surface area contributed by atoms with Crippen LogP contribution >= 0.6 is 34.5 Å². The Labute approximate surface area is 164 Å². The van der Waals surface area contributed by atoms with E-state index in [0.29, 0.717) is 17.3 Å². The quantitative estimate of drug-likeness (QED) is 0.525. The summed E-state index contributed by atoms with van der Waals surface area (Å²) >= 11 is 13.7. The Hall–Kier alpha value is -2.08. The molecule has 0 unspecified atom stereocenters. The minimum Gasteiger partial charge on any atom is -0.380 e. The average Bonchev–Trinajstić information content (AvgIpc) is 3.03. The first kappa shape index (κ1) is 18.7. The van der Waals surface area contributed by atoms with Gasteiger partial charge in [-0.25, -0.2) is 4.39 Å². The molecule has 0 atom stereocenters. The molecule has 1 amide bonds. The maximum absolute atomic E-state index is 12.9. The fourth-order valence-electron chi connectivity index (χ4n) is 2.34. The normalized spacial score (nSPS) is 10.6. The van der Waals surface area contributed by atoms with Crippen molar-refractivity contribution in [3.05, 3.63) is 80.2 Å². The van der Waals surface area contributed by atoms with Gasteiger partial charge in [0, 0.05) is 17.1 Å². The number of carbonyl (C=O) groups excluding carboxylic acids is 1. The molecule has 1 heterocycles. The van der Waals surface area contributed by atoms with Gasteiger partial charge in [-0.05, 0) is 48.0 Å². The number of nitrogens with one attached hydrogen (secondary N) is 2. The topological polar surface area (TPSA) is 41.1 Å². The number of halogens is 3. The second kappa shape index (κ2) is 8.54. The summed E-state index contributed by atoms with van der Waals surface area (Å²) in [5.41, 5.74) is 2.10. The Kier molecular flexibility index (Phi) is 6.14. The van der Waals surface area contributed by atoms with Crippen molar-refractivity contribution in [1.29, 1.82) is 0 Å². The molecule has 0 aliphatic carbocycles. The third-order valence-corrected chi connectivity index (χ3v) is 5.16. The largest absolute Gasteiger partial charge is 0.380 e. The second-order valence-corrected chi connectivity index (χ2v) is 7.81. The van der Waals surface area contributed by atoms with E-state index in [4.69, 9.17) is 23.2 Å². The highest BCUT2D eigenvalue weighted by molar-refractivity contribution is 7.16. The minimum atomic E-state index is -0.329. The number of amides is 1. The molecule has 26 heavy (non-hydrogen) atoms. The molecule has 2 N–H and O–H groups in total. The molecule has 3 nitrogen and oxygen atoms in total. The van der Waals surface area contributed by atoms with Crippen LogP contribution in [0.3, 0.4) is 0 Å². The fourth-order valence-corrected chi connectivity index (χ4v) is 3.60. The molecule has 3 rings (SSSR count). The van der Waals surface area contributed by atoms with E-state index in [9.17, 15) is 9.18 Å². The van der Waals surface area contributed by atoms with E-state index in [1.807, 2.05) is 18.2 Å². The summed E-state index contributed by atoms with van der Waals surface area (Å²) in [7, 11) is 0. The summed E-state index contributed by atoms with van der Waals surface area (Å²) in [6.07, 6.45) is 0.149. The predicted octanol–water partition coefficient (Wildman–Crippen LogP) is 5.99. The van der Waals surface area contributed by atoms with E-state index in [1.165, 1.54) is 23.5 Å². The molecular weight excluding hydrogens is 394 g/mol. The highest BCUT2D eigenvalue weighted by Crippen LogP contribution is 2.27. The number of benzene rings is 2. The van der Waals surface area contributed by atoms with Gasteiger partial charge in [-0.2, -0.15) is 0 Å². The van der Waals surface area contributed by atoms with Crippen LogP contribution in [0.15, 0.2) is 54.6 Å². The molecule has 0 aliphatic heterocycles. The van der Waals surface area contributed by atoms with E-state index in [0.717, 1.165) is 20.5 Å². The van der Waals surface area contributed by atoms with Gasteiger partial charge in [0.1, 0.15) is 5.82 Å². The van der Waals surface area contributed by atoms with Crippen molar-refractivity contribution < 1.29 is 9.18 Å². The third-order valence-electron chi connectivity index (χ3n) is 3.62. The number of hydrogen-bond donors (Lipinski definition) is 2. The van der Waals surface area contributed by atoms with Crippen LogP contribution in [0.25, 0.3) is 0 Å². The molecule has 0 radical (unpaired) electrons. The second-order valence-electron chi connectivity index (χ2n) is 5.61. The standard InChI is InChI=1S/C19H15Cl2FN2OS/c20-16-10-14(23-11-15-6-8-18(21)26-15)5-7-17(16)24-19(25)9-12-1-3-13(22)4-2-12/h1-8,10,23H,9,11H2,(H,24,25). The zero-order valence-corrected chi connectivity index (χ0v) is 15.9. The van der Waals surface area contributed by atoms with Crippen molar-refractivity contribution >= 4 is 51.8 Å². The van der Waals surface area contributed by atoms with Crippen molar-refractivity contribution in [3.8, 4) is 0 Å². The van der Waals surface area contributed by atoms with E-state index in [2.05, 4.69) is 10.6 Å². The molecule has 0 saturated heterocycles. The van der Waals surface area contributed by atoms with Crippen LogP contribution in [0.4, 0.5) is 15.8 Å². The van der Waals surface area contributed by atoms with Gasteiger partial charge in [0.15, 0.2) is 0 Å². The smallest absolute Gasteiger partial charge is 0.228 e. The van der Waals surface area contributed by atoms with Gasteiger partial charge in [-0.3, -0.25) is 4.79 Å². The van der Waals surface area contributed by atoms with E-state index >= 15 is 0 Å². The summed E-state index contributed by atoms with van der Waals surface area (Å²) in [4.78, 5) is 13.2. The molecule has 0 aliphatic rings. The van der Waals surface area contributed by atoms with Crippen LogP contribution in [0.2, 0.25) is 9.36 Å². The molecule has 0 saturated carbocycles. The summed E-state index contributed by atoms with van der Waals surface area (Å²) in [6, 6.07) is 15.0. The molecule has 0 spiro atoms. The first-order valence-corrected chi connectivity index (χ1v) is 9.39. The Balaban J connectivity index is 1.58. The molecule has 3 aromatic rings. The van der Waals surface area contributed by atoms with Crippen LogP contribution in [-0.4, -0.2) is 5.91 Å². The summed E-state index contributed by atoms with van der Waals surface area (Å²) in [5.74, 6) is -0.544. The zero-order valence-electron chi connectivity index (χ0n) is 13.6. The van der Waals surface area contributed by atoms with Crippen LogP contribution < -0.4 is 10.6 Å². The predicted molar refractivity (Wildman–Crippen MR) is 107 cm³/mol. The van der Waals surface area contributed by atoms with Gasteiger partial charge >= 0.3 is 0 Å². The zero-order chi connectivity index (χ0) is 18.5. The Bertz CT molecular complexity index is 912. The first-order valence-electron chi connectivity index (χ1n) is 7.81. The van der Waals surface area contributed by atoms with Crippen molar-refractivity contribution in [2.45, 2.75) is 13.0 Å². The molecule has 7 heteroatoms. The molecule has 0 fully saturated rings. The van der Waals surface area contributed by atoms with Crippen LogP contribution in [0, 0.1) is 5.82 Å². The minimum absolute atomic E-state index is 0.149. The summed E-state index contributed by atoms with van der Waals surface area (Å²) in [5, 5.41) is 6.47. The van der Waals surface area contributed by atoms with Crippen LogP contribution in [0.5, 0.6) is 0 Å². The van der Waals surface area contributed by atoms with Crippen LogP contribution in [0.1, 0.15) is 10.4 Å². The highest BCUT2D eigenvalue weighted by Gasteiger charge is 2.08. The van der Waals surface area contributed by atoms with Gasteiger partial charge in [0.05, 0.1) is 21.5 Å². The monoisotopic (exact) mass is 408 g/mol. The summed E-state index contributed by atoms with van der Waals surface area (Å²) in [6.45, 7) is 0.643. The van der Waals surface area contributed by atoms with Crippen LogP contribution in [-0.2, 0) is 17.8 Å². The lowest BCUT2D eigenvalue weighted by Gasteiger charge is -2.10. The fraction of sp³-hybridized carbons (Fsp3) is 0.105. The van der Waals surface area contributed by atoms with E-state index in [-0.39, 0.29) is 18.1 Å². The highest BCUT2D eigenvalue weighted by atomic mass is 35.5. The van der Waals surface area contributed by atoms with Crippen molar-refractivity contribution in [2.24, 2.45) is 0 Å². The lowest BCUT2D eigenvalue weighted by Crippen LogP contribution is -2.14. The third kappa shape index (κ3) is 5.21. The van der Waals surface area contributed by atoms with Gasteiger partial charge in [0.2, 0.25) is 5.91 Å². The maximum atomic E-state index is 12.9. The number of rotatable bonds is 6. The van der Waals surface area contributed by atoms with E-state index in [1.54, 1.807) is 24.3 Å². The van der Waals surface area contributed by atoms with Gasteiger partial charge < -0.3 is 10.6 Å². The lowest BCUT2D eigenvalue weighted by atomic mass is 10.1. The average molecular weight is 409 g/mol. The summed E-state index contributed by atoms with van der Waals surface area (Å²) < 4.78 is 13.7. The van der Waals surface area contributed by atoms with Gasteiger partial charge in [-0.15, -0.1) is 11.3 Å². The number of carbonyl (C=O) groups is 1. The molecular formula is C19H15Cl2FN2OS. The van der Waals surface area contributed by atoms with Crippen molar-refractivity contribution in [2.75, 3.05) is 10.6 Å².